The van der Waals surface area contributed by atoms with Crippen molar-refractivity contribution in [1.29, 1.82) is 0 Å². The summed E-state index contributed by atoms with van der Waals surface area (Å²) in [6.45, 7) is 3.98. The monoisotopic (exact) mass is 351 g/mol. The number of ether oxygens (including phenoxy) is 1. The molecule has 0 aliphatic heterocycles. The summed E-state index contributed by atoms with van der Waals surface area (Å²) in [5.41, 5.74) is 1.71. The van der Waals surface area contributed by atoms with Crippen molar-refractivity contribution in [2.75, 3.05) is 18.5 Å². The van der Waals surface area contributed by atoms with E-state index in [4.69, 9.17) is 16.3 Å². The van der Waals surface area contributed by atoms with Gasteiger partial charge < -0.3 is 15.2 Å². The van der Waals surface area contributed by atoms with Crippen LogP contribution in [0, 0.1) is 0 Å². The van der Waals surface area contributed by atoms with Crippen LogP contribution in [0.25, 0.3) is 11.0 Å². The molecule has 2 aromatic heterocycles. The summed E-state index contributed by atoms with van der Waals surface area (Å²) >= 11 is 6.23. The molecule has 0 amide bonds. The first-order chi connectivity index (χ1) is 11.6. The number of unbranched alkanes of at least 4 members (excludes halogenated alkanes) is 1. The van der Waals surface area contributed by atoms with Crippen LogP contribution in [0.2, 0.25) is 5.15 Å². The molecule has 0 spiro atoms. The van der Waals surface area contributed by atoms with Crippen molar-refractivity contribution in [3.63, 3.8) is 0 Å². The molecule has 0 radical (unpaired) electrons. The Morgan fingerprint density at radius 3 is 2.92 bits per heavy atom. The maximum Gasteiger partial charge on any atom is 0.343 e. The summed E-state index contributed by atoms with van der Waals surface area (Å²) in [6.07, 6.45) is 4.36. The molecule has 2 N–H and O–H groups in total. The fourth-order valence-corrected chi connectivity index (χ4v) is 2.72. The van der Waals surface area contributed by atoms with Gasteiger partial charge in [0.2, 0.25) is 0 Å². The van der Waals surface area contributed by atoms with Gasteiger partial charge in [0, 0.05) is 12.2 Å². The number of hydrogen-bond donors (Lipinski definition) is 2. The molecule has 0 saturated carbocycles. The standard InChI is InChI=1S/C17H22ClN3O3/c1-3-5-7-11(10-22)20-15-13(17(23)24-4-2)16(18)21-12-8-6-9-19-14(12)15/h6,8-9,11,22H,3-5,7,10H2,1-2H3,(H,20,21)/t11-/m0/s1. The van der Waals surface area contributed by atoms with E-state index < -0.39 is 5.97 Å². The number of carbonyl (C=O) groups is 1. The zero-order chi connectivity index (χ0) is 17.5. The SMILES string of the molecule is CCCC[C@@H](CO)Nc1c(C(=O)OCC)c(Cl)nc2cccnc12. The molecule has 2 aromatic rings. The fraction of sp³-hybridized carbons (Fsp3) is 0.471. The largest absolute Gasteiger partial charge is 0.462 e. The highest BCUT2D eigenvalue weighted by Gasteiger charge is 2.24. The first kappa shape index (κ1) is 18.4. The quantitative estimate of drug-likeness (QED) is 0.560. The minimum atomic E-state index is -0.558. The maximum absolute atomic E-state index is 12.3. The van der Waals surface area contributed by atoms with Gasteiger partial charge in [0.1, 0.15) is 16.2 Å². The summed E-state index contributed by atoms with van der Waals surface area (Å²) in [5, 5.41) is 12.9. The number of fused-ring (bicyclic) bond motifs is 1. The fourth-order valence-electron chi connectivity index (χ4n) is 2.46. The van der Waals surface area contributed by atoms with E-state index in [1.165, 1.54) is 0 Å². The van der Waals surface area contributed by atoms with E-state index in [0.29, 0.717) is 16.7 Å². The minimum Gasteiger partial charge on any atom is -0.462 e. The molecule has 0 aliphatic rings. The summed E-state index contributed by atoms with van der Waals surface area (Å²) in [6, 6.07) is 3.32. The van der Waals surface area contributed by atoms with Crippen molar-refractivity contribution in [3.8, 4) is 0 Å². The van der Waals surface area contributed by atoms with Gasteiger partial charge >= 0.3 is 5.97 Å². The van der Waals surface area contributed by atoms with Gasteiger partial charge in [-0.15, -0.1) is 0 Å². The molecule has 7 heteroatoms. The third-order valence-corrected chi connectivity index (χ3v) is 3.93. The van der Waals surface area contributed by atoms with Crippen LogP contribution in [-0.2, 0) is 4.74 Å². The lowest BCUT2D eigenvalue weighted by Gasteiger charge is -2.20. The maximum atomic E-state index is 12.3. The van der Waals surface area contributed by atoms with Gasteiger partial charge in [-0.3, -0.25) is 4.98 Å². The highest BCUT2D eigenvalue weighted by molar-refractivity contribution is 6.34. The molecule has 0 aliphatic carbocycles. The predicted octanol–water partition coefficient (Wildman–Crippen LogP) is 3.42. The molecule has 0 bridgehead atoms. The van der Waals surface area contributed by atoms with Crippen LogP contribution in [0.1, 0.15) is 43.5 Å². The molecule has 6 nitrogen and oxygen atoms in total. The Balaban J connectivity index is 2.53. The van der Waals surface area contributed by atoms with Gasteiger partial charge in [0.05, 0.1) is 24.4 Å². The van der Waals surface area contributed by atoms with E-state index in [2.05, 4.69) is 22.2 Å². The van der Waals surface area contributed by atoms with Crippen molar-refractivity contribution >= 4 is 34.3 Å². The Labute approximate surface area is 146 Å². The van der Waals surface area contributed by atoms with Crippen LogP contribution in [0.4, 0.5) is 5.69 Å². The van der Waals surface area contributed by atoms with Crippen molar-refractivity contribution < 1.29 is 14.6 Å². The number of aliphatic hydroxyl groups excluding tert-OH is 1. The number of nitrogens with one attached hydrogen (secondary N) is 1. The number of rotatable bonds is 8. The average Bonchev–Trinajstić information content (AvgIpc) is 2.58. The lowest BCUT2D eigenvalue weighted by molar-refractivity contribution is 0.0527. The molecular formula is C17H22ClN3O3. The first-order valence-electron chi connectivity index (χ1n) is 8.11. The van der Waals surface area contributed by atoms with E-state index in [9.17, 15) is 9.90 Å². The topological polar surface area (TPSA) is 84.3 Å². The second kappa shape index (κ2) is 8.80. The lowest BCUT2D eigenvalue weighted by Crippen LogP contribution is -2.26. The Bertz CT molecular complexity index is 709. The van der Waals surface area contributed by atoms with Crippen molar-refractivity contribution in [2.24, 2.45) is 0 Å². The molecule has 0 saturated heterocycles. The van der Waals surface area contributed by atoms with Crippen LogP contribution in [-0.4, -0.2) is 40.3 Å². The van der Waals surface area contributed by atoms with E-state index in [1.54, 1.807) is 25.3 Å². The van der Waals surface area contributed by atoms with Crippen molar-refractivity contribution in [2.45, 2.75) is 39.2 Å². The third-order valence-electron chi connectivity index (χ3n) is 3.65. The number of hydrogen-bond acceptors (Lipinski definition) is 6. The summed E-state index contributed by atoms with van der Waals surface area (Å²) in [7, 11) is 0. The Hall–Kier alpha value is -1.92. The molecule has 24 heavy (non-hydrogen) atoms. The number of aromatic nitrogens is 2. The lowest BCUT2D eigenvalue weighted by atomic mass is 10.1. The number of pyridine rings is 2. The number of aliphatic hydroxyl groups is 1. The number of esters is 1. The molecular weight excluding hydrogens is 330 g/mol. The van der Waals surface area contributed by atoms with Crippen molar-refractivity contribution in [3.05, 3.63) is 29.0 Å². The second-order valence-corrected chi connectivity index (χ2v) is 5.77. The molecule has 0 aromatic carbocycles. The summed E-state index contributed by atoms with van der Waals surface area (Å²) in [5.74, 6) is -0.558. The first-order valence-corrected chi connectivity index (χ1v) is 8.48. The van der Waals surface area contributed by atoms with E-state index in [0.717, 1.165) is 19.3 Å². The molecule has 2 heterocycles. The van der Waals surface area contributed by atoms with E-state index >= 15 is 0 Å². The van der Waals surface area contributed by atoms with Gasteiger partial charge in [-0.05, 0) is 25.5 Å². The number of halogens is 1. The highest BCUT2D eigenvalue weighted by atomic mass is 35.5. The summed E-state index contributed by atoms with van der Waals surface area (Å²) < 4.78 is 5.10. The minimum absolute atomic E-state index is 0.0589. The van der Waals surface area contributed by atoms with Crippen LogP contribution in [0.15, 0.2) is 18.3 Å². The molecule has 130 valence electrons. The van der Waals surface area contributed by atoms with Crippen LogP contribution < -0.4 is 5.32 Å². The van der Waals surface area contributed by atoms with Crippen molar-refractivity contribution in [1.82, 2.24) is 9.97 Å². The van der Waals surface area contributed by atoms with Gasteiger partial charge in [0.15, 0.2) is 0 Å². The van der Waals surface area contributed by atoms with E-state index in [-0.39, 0.29) is 30.0 Å². The predicted molar refractivity (Wildman–Crippen MR) is 94.5 cm³/mol. The number of anilines is 1. The second-order valence-electron chi connectivity index (χ2n) is 5.41. The highest BCUT2D eigenvalue weighted by Crippen LogP contribution is 2.31. The van der Waals surface area contributed by atoms with Crippen LogP contribution >= 0.6 is 11.6 Å². The number of nitrogens with zero attached hydrogens (tertiary/aromatic N) is 2. The van der Waals surface area contributed by atoms with Gasteiger partial charge in [-0.2, -0.15) is 0 Å². The normalized spacial score (nSPS) is 12.2. The van der Waals surface area contributed by atoms with Gasteiger partial charge in [-0.25, -0.2) is 9.78 Å². The Morgan fingerprint density at radius 2 is 2.25 bits per heavy atom. The van der Waals surface area contributed by atoms with E-state index in [1.807, 2.05) is 0 Å². The zero-order valence-corrected chi connectivity index (χ0v) is 14.6. The van der Waals surface area contributed by atoms with Gasteiger partial charge in [0.25, 0.3) is 0 Å². The molecule has 1 atom stereocenters. The molecule has 0 unspecified atom stereocenters. The number of carbonyl (C=O) groups excluding carboxylic acids is 1. The molecule has 0 fully saturated rings. The Kier molecular flexibility index (Phi) is 6.75. The average molecular weight is 352 g/mol. The third kappa shape index (κ3) is 4.13. The summed E-state index contributed by atoms with van der Waals surface area (Å²) in [4.78, 5) is 20.9. The van der Waals surface area contributed by atoms with Crippen LogP contribution in [0.3, 0.4) is 0 Å². The van der Waals surface area contributed by atoms with Crippen LogP contribution in [0.5, 0.6) is 0 Å². The molecule has 2 rings (SSSR count). The smallest absolute Gasteiger partial charge is 0.343 e. The zero-order valence-electron chi connectivity index (χ0n) is 13.9. The van der Waals surface area contributed by atoms with Gasteiger partial charge in [-0.1, -0.05) is 31.4 Å². The Morgan fingerprint density at radius 1 is 1.46 bits per heavy atom.